The van der Waals surface area contributed by atoms with Crippen LogP contribution in [0.15, 0.2) is 48.6 Å². The third kappa shape index (κ3) is 25.2. The van der Waals surface area contributed by atoms with E-state index in [1.54, 1.807) is 0 Å². The van der Waals surface area contributed by atoms with Gasteiger partial charge < -0.3 is 65.1 Å². The number of hydrogen-bond donors (Lipinski definition) is 9. The van der Waals surface area contributed by atoms with Crippen LogP contribution >= 0.6 is 0 Å². The second kappa shape index (κ2) is 37.9. The highest BCUT2D eigenvalue weighted by atomic mass is 16.7. The number of nitrogens with one attached hydrogen (secondary N) is 1. The van der Waals surface area contributed by atoms with Crippen molar-refractivity contribution in [3.8, 4) is 0 Å². The van der Waals surface area contributed by atoms with Gasteiger partial charge in [-0.1, -0.05) is 165 Å². The van der Waals surface area contributed by atoms with Crippen molar-refractivity contribution >= 4 is 5.91 Å². The molecule has 2 heterocycles. The van der Waals surface area contributed by atoms with E-state index in [9.17, 15) is 45.6 Å². The van der Waals surface area contributed by atoms with Gasteiger partial charge in [0.05, 0.1) is 32.0 Å². The molecule has 0 spiro atoms. The van der Waals surface area contributed by atoms with E-state index in [-0.39, 0.29) is 18.9 Å². The molecule has 14 heteroatoms. The van der Waals surface area contributed by atoms with Crippen LogP contribution in [0.25, 0.3) is 0 Å². The largest absolute Gasteiger partial charge is 0.394 e. The number of hydrogen-bond acceptors (Lipinski definition) is 13. The van der Waals surface area contributed by atoms with E-state index in [0.29, 0.717) is 12.8 Å². The first-order chi connectivity index (χ1) is 31.6. The average Bonchev–Trinajstić information content (AvgIpc) is 3.30. The number of carbonyl (C=O) groups excluding carboxylic acids is 1. The maximum Gasteiger partial charge on any atom is 0.220 e. The van der Waals surface area contributed by atoms with Crippen LogP contribution in [0.4, 0.5) is 0 Å². The molecule has 2 aliphatic rings. The van der Waals surface area contributed by atoms with Crippen molar-refractivity contribution in [1.29, 1.82) is 0 Å². The van der Waals surface area contributed by atoms with E-state index >= 15 is 0 Å². The van der Waals surface area contributed by atoms with Gasteiger partial charge in [0.1, 0.15) is 48.8 Å². The smallest absolute Gasteiger partial charge is 0.220 e. The molecule has 2 fully saturated rings. The summed E-state index contributed by atoms with van der Waals surface area (Å²) in [7, 11) is 0. The molecule has 0 radical (unpaired) electrons. The lowest BCUT2D eigenvalue weighted by Gasteiger charge is -2.46. The summed E-state index contributed by atoms with van der Waals surface area (Å²) in [6, 6.07) is -0.841. The summed E-state index contributed by atoms with van der Waals surface area (Å²) in [4.78, 5) is 13.2. The van der Waals surface area contributed by atoms with Gasteiger partial charge in [-0.05, 0) is 51.4 Å². The Morgan fingerprint density at radius 1 is 0.569 bits per heavy atom. The van der Waals surface area contributed by atoms with Crippen molar-refractivity contribution in [2.75, 3.05) is 19.8 Å². The van der Waals surface area contributed by atoms with Gasteiger partial charge in [-0.3, -0.25) is 4.79 Å². The van der Waals surface area contributed by atoms with Gasteiger partial charge >= 0.3 is 0 Å². The zero-order chi connectivity index (χ0) is 47.5. The number of ether oxygens (including phenoxy) is 4. The second-order valence-corrected chi connectivity index (χ2v) is 17.9. The molecule has 12 unspecified atom stereocenters. The average molecular weight is 926 g/mol. The highest BCUT2D eigenvalue weighted by molar-refractivity contribution is 5.76. The van der Waals surface area contributed by atoms with Crippen LogP contribution in [-0.4, -0.2) is 140 Å². The first kappa shape index (κ1) is 59.1. The molecule has 12 atom stereocenters. The predicted molar refractivity (Wildman–Crippen MR) is 254 cm³/mol. The third-order valence-electron chi connectivity index (χ3n) is 12.3. The molecule has 0 aromatic rings. The Morgan fingerprint density at radius 2 is 1.06 bits per heavy atom. The summed E-state index contributed by atoms with van der Waals surface area (Å²) in [6.07, 6.45) is 26.8. The van der Waals surface area contributed by atoms with Crippen LogP contribution in [0, 0.1) is 0 Å². The normalized spacial score (nSPS) is 27.4. The van der Waals surface area contributed by atoms with Crippen LogP contribution in [0.5, 0.6) is 0 Å². The highest BCUT2D eigenvalue weighted by Crippen LogP contribution is 2.30. The molecular weight excluding hydrogens is 835 g/mol. The Labute approximate surface area is 391 Å². The van der Waals surface area contributed by atoms with Crippen molar-refractivity contribution in [1.82, 2.24) is 5.32 Å². The molecule has 0 aromatic carbocycles. The summed E-state index contributed by atoms with van der Waals surface area (Å²) in [5, 5.41) is 86.9. The molecule has 9 N–H and O–H groups in total. The van der Waals surface area contributed by atoms with E-state index in [0.717, 1.165) is 77.0 Å². The SMILES string of the molecule is CC/C=C\C/C=C\C/C=C\C/C=C\CCCCCCC(=O)NC(COC1OC(CO)C(OC2OC(CO)C(O)C(O)C2O)C(O)C1O)C(O)CCCCCCCCCCCCCCCC. The monoisotopic (exact) mass is 926 g/mol. The molecule has 1 amide bonds. The number of unbranched alkanes of at least 4 members (excludes halogenated alkanes) is 17. The van der Waals surface area contributed by atoms with Crippen molar-refractivity contribution in [3.05, 3.63) is 48.6 Å². The Morgan fingerprint density at radius 3 is 1.63 bits per heavy atom. The van der Waals surface area contributed by atoms with Crippen molar-refractivity contribution < 1.29 is 64.6 Å². The summed E-state index contributed by atoms with van der Waals surface area (Å²) in [5.74, 6) is -0.232. The minimum absolute atomic E-state index is 0.232. The summed E-state index contributed by atoms with van der Waals surface area (Å²) in [5.41, 5.74) is 0. The maximum atomic E-state index is 13.2. The summed E-state index contributed by atoms with van der Waals surface area (Å²) in [6.45, 7) is 2.70. The first-order valence-electron chi connectivity index (χ1n) is 25.4. The number of rotatable bonds is 38. The van der Waals surface area contributed by atoms with Gasteiger partial charge in [0, 0.05) is 6.42 Å². The van der Waals surface area contributed by atoms with Gasteiger partial charge in [0.15, 0.2) is 12.6 Å². The molecule has 65 heavy (non-hydrogen) atoms. The van der Waals surface area contributed by atoms with Gasteiger partial charge in [-0.15, -0.1) is 0 Å². The lowest BCUT2D eigenvalue weighted by atomic mass is 9.97. The lowest BCUT2D eigenvalue weighted by molar-refractivity contribution is -0.359. The topological polar surface area (TPSA) is 228 Å². The minimum atomic E-state index is -1.79. The second-order valence-electron chi connectivity index (χ2n) is 17.9. The number of amides is 1. The Kier molecular flexibility index (Phi) is 34.4. The molecule has 378 valence electrons. The van der Waals surface area contributed by atoms with E-state index in [2.05, 4.69) is 67.8 Å². The predicted octanol–water partition coefficient (Wildman–Crippen LogP) is 6.49. The molecule has 0 bridgehead atoms. The van der Waals surface area contributed by atoms with Crippen LogP contribution in [0.1, 0.15) is 174 Å². The third-order valence-corrected chi connectivity index (χ3v) is 12.3. The van der Waals surface area contributed by atoms with Crippen LogP contribution in [0.2, 0.25) is 0 Å². The van der Waals surface area contributed by atoms with E-state index in [4.69, 9.17) is 18.9 Å². The number of allylic oxidation sites excluding steroid dienone is 8. The molecule has 0 aliphatic carbocycles. The van der Waals surface area contributed by atoms with Gasteiger partial charge in [0.25, 0.3) is 0 Å². The van der Waals surface area contributed by atoms with E-state index < -0.39 is 86.8 Å². The molecule has 0 saturated carbocycles. The van der Waals surface area contributed by atoms with Crippen LogP contribution < -0.4 is 5.32 Å². The minimum Gasteiger partial charge on any atom is -0.394 e. The van der Waals surface area contributed by atoms with Crippen molar-refractivity contribution in [3.63, 3.8) is 0 Å². The molecule has 2 aliphatic heterocycles. The molecule has 2 rings (SSSR count). The quantitative estimate of drug-likeness (QED) is 0.0239. The zero-order valence-electron chi connectivity index (χ0n) is 40.0. The Balaban J connectivity index is 1.85. The molecule has 0 aromatic heterocycles. The zero-order valence-corrected chi connectivity index (χ0v) is 40.0. The number of aliphatic hydroxyl groups excluding tert-OH is 8. The van der Waals surface area contributed by atoms with Crippen LogP contribution in [-0.2, 0) is 23.7 Å². The lowest BCUT2D eigenvalue weighted by Crippen LogP contribution is -2.65. The first-order valence-corrected chi connectivity index (χ1v) is 25.4. The van der Waals surface area contributed by atoms with Gasteiger partial charge in [-0.2, -0.15) is 0 Å². The van der Waals surface area contributed by atoms with E-state index in [1.807, 2.05) is 0 Å². The van der Waals surface area contributed by atoms with Crippen molar-refractivity contribution in [2.45, 2.75) is 248 Å². The molecule has 2 saturated heterocycles. The standard InChI is InChI=1S/C51H91NO13/c1-3-5-7-9-11-13-15-17-19-20-21-23-25-27-29-31-33-35-43(56)52-39(40(55)34-32-30-28-26-24-22-18-16-14-12-10-8-6-4-2)38-62-50-48(61)46(59)49(42(37-54)64-50)65-51-47(60)45(58)44(57)41(36-53)63-51/h5,7,11,13,17,19,21,23,39-42,44-51,53-55,57-61H,3-4,6,8-10,12,14-16,18,20,22,24-38H2,1-2H3,(H,52,56)/b7-5-,13-11-,19-17-,23-21-. The van der Waals surface area contributed by atoms with Gasteiger partial charge in [0.2, 0.25) is 5.91 Å². The van der Waals surface area contributed by atoms with E-state index in [1.165, 1.54) is 64.2 Å². The summed E-state index contributed by atoms with van der Waals surface area (Å²) >= 11 is 0. The number of carbonyl (C=O) groups is 1. The summed E-state index contributed by atoms with van der Waals surface area (Å²) < 4.78 is 22.7. The fraction of sp³-hybridized carbons (Fsp3) is 0.824. The number of aliphatic hydroxyl groups is 8. The van der Waals surface area contributed by atoms with Crippen LogP contribution in [0.3, 0.4) is 0 Å². The van der Waals surface area contributed by atoms with Gasteiger partial charge in [-0.25, -0.2) is 0 Å². The fourth-order valence-electron chi connectivity index (χ4n) is 8.17. The Hall–Kier alpha value is -2.05. The fourth-order valence-corrected chi connectivity index (χ4v) is 8.17. The Bertz CT molecular complexity index is 1280. The van der Waals surface area contributed by atoms with Crippen molar-refractivity contribution in [2.24, 2.45) is 0 Å². The molecular formula is C51H91NO13. The molecule has 14 nitrogen and oxygen atoms in total. The maximum absolute atomic E-state index is 13.2. The highest BCUT2D eigenvalue weighted by Gasteiger charge is 2.51.